The molecule has 1 aromatic carbocycles. The number of nitrogens with one attached hydrogen (secondary N) is 2. The molecule has 154 valence electrons. The highest BCUT2D eigenvalue weighted by molar-refractivity contribution is 7.89. The molecular formula is C20H22N2O6S. The van der Waals surface area contributed by atoms with Crippen LogP contribution in [0.3, 0.4) is 0 Å². The largest absolute Gasteiger partial charge is 0.454 e. The predicted octanol–water partition coefficient (Wildman–Crippen LogP) is 2.34. The lowest BCUT2D eigenvalue weighted by Crippen LogP contribution is -2.24. The van der Waals surface area contributed by atoms with Crippen LogP contribution in [0, 0.1) is 13.8 Å². The third kappa shape index (κ3) is 5.07. The molecule has 0 saturated heterocycles. The predicted molar refractivity (Wildman–Crippen MR) is 107 cm³/mol. The number of sulfonamides is 1. The van der Waals surface area contributed by atoms with Gasteiger partial charge in [-0.2, -0.15) is 0 Å². The second-order valence-corrected chi connectivity index (χ2v) is 8.12. The van der Waals surface area contributed by atoms with Crippen molar-refractivity contribution in [3.05, 3.63) is 65.0 Å². The summed E-state index contributed by atoms with van der Waals surface area (Å²) < 4.78 is 31.6. The molecule has 1 heterocycles. The van der Waals surface area contributed by atoms with E-state index in [1.54, 1.807) is 13.8 Å². The molecule has 0 bridgehead atoms. The van der Waals surface area contributed by atoms with Crippen LogP contribution in [0.4, 0.5) is 0 Å². The topological polar surface area (TPSA) is 122 Å². The quantitative estimate of drug-likeness (QED) is 0.366. The van der Waals surface area contributed by atoms with Gasteiger partial charge in [-0.15, -0.1) is 6.58 Å². The van der Waals surface area contributed by atoms with Crippen molar-refractivity contribution in [1.29, 1.82) is 0 Å². The molecule has 0 amide bonds. The fourth-order valence-electron chi connectivity index (χ4n) is 2.89. The lowest BCUT2D eigenvalue weighted by molar-refractivity contribution is 0.0473. The van der Waals surface area contributed by atoms with Crippen molar-refractivity contribution in [3.63, 3.8) is 0 Å². The molecule has 0 atom stereocenters. The first-order chi connectivity index (χ1) is 13.6. The first-order valence-electron chi connectivity index (χ1n) is 8.69. The number of Topliss-reactive ketones (excluding diaryl/α,β-unsaturated/α-hetero) is 2. The summed E-state index contributed by atoms with van der Waals surface area (Å²) >= 11 is 0. The summed E-state index contributed by atoms with van der Waals surface area (Å²) in [6, 6.07) is 5.29. The van der Waals surface area contributed by atoms with Crippen LogP contribution in [0.2, 0.25) is 0 Å². The van der Waals surface area contributed by atoms with Gasteiger partial charge in [0.25, 0.3) is 0 Å². The van der Waals surface area contributed by atoms with E-state index in [2.05, 4.69) is 16.3 Å². The minimum atomic E-state index is -3.80. The number of carbonyl (C=O) groups excluding carboxylic acids is 3. The Morgan fingerprint density at radius 3 is 2.52 bits per heavy atom. The fraction of sp³-hybridized carbons (Fsp3) is 0.250. The average Bonchev–Trinajstić information content (AvgIpc) is 2.98. The van der Waals surface area contributed by atoms with Gasteiger partial charge in [0.2, 0.25) is 15.8 Å². The third-order valence-electron chi connectivity index (χ3n) is 4.20. The molecule has 0 saturated carbocycles. The number of H-pyrrole nitrogens is 1. The fourth-order valence-corrected chi connectivity index (χ4v) is 3.93. The van der Waals surface area contributed by atoms with E-state index in [0.717, 1.165) is 6.07 Å². The van der Waals surface area contributed by atoms with Gasteiger partial charge in [-0.3, -0.25) is 9.59 Å². The van der Waals surface area contributed by atoms with Crippen LogP contribution in [-0.4, -0.2) is 44.1 Å². The number of ether oxygens (including phenoxy) is 1. The highest BCUT2D eigenvalue weighted by Gasteiger charge is 2.21. The maximum Gasteiger partial charge on any atom is 0.338 e. The molecule has 9 heteroatoms. The van der Waals surface area contributed by atoms with Gasteiger partial charge in [-0.05, 0) is 44.5 Å². The zero-order valence-electron chi connectivity index (χ0n) is 16.4. The van der Waals surface area contributed by atoms with Crippen LogP contribution in [-0.2, 0) is 14.8 Å². The number of benzene rings is 1. The van der Waals surface area contributed by atoms with Gasteiger partial charge in [0.1, 0.15) is 0 Å². The van der Waals surface area contributed by atoms with Gasteiger partial charge in [0.15, 0.2) is 12.4 Å². The molecule has 2 aromatic rings. The van der Waals surface area contributed by atoms with Crippen LogP contribution in [0.5, 0.6) is 0 Å². The van der Waals surface area contributed by atoms with E-state index in [0.29, 0.717) is 16.8 Å². The van der Waals surface area contributed by atoms with E-state index in [9.17, 15) is 22.8 Å². The number of esters is 1. The third-order valence-corrected chi connectivity index (χ3v) is 5.62. The Labute approximate surface area is 169 Å². The maximum absolute atomic E-state index is 12.4. The summed E-state index contributed by atoms with van der Waals surface area (Å²) in [5.41, 5.74) is 1.69. The Hall–Kier alpha value is -3.04. The molecule has 0 fully saturated rings. The summed E-state index contributed by atoms with van der Waals surface area (Å²) in [4.78, 5) is 39.1. The van der Waals surface area contributed by atoms with E-state index in [1.165, 1.54) is 31.2 Å². The van der Waals surface area contributed by atoms with Crippen molar-refractivity contribution in [2.75, 3.05) is 13.2 Å². The number of aromatic nitrogens is 1. The van der Waals surface area contributed by atoms with Crippen LogP contribution in [0.1, 0.15) is 49.4 Å². The monoisotopic (exact) mass is 418 g/mol. The number of ketones is 2. The number of hydrogen-bond donors (Lipinski definition) is 2. The molecule has 0 radical (unpaired) electrons. The van der Waals surface area contributed by atoms with Crippen LogP contribution in [0.25, 0.3) is 0 Å². The first-order valence-corrected chi connectivity index (χ1v) is 10.2. The van der Waals surface area contributed by atoms with Gasteiger partial charge in [-0.25, -0.2) is 17.9 Å². The van der Waals surface area contributed by atoms with Crippen molar-refractivity contribution < 1.29 is 27.5 Å². The lowest BCUT2D eigenvalue weighted by atomic mass is 10.1. The van der Waals surface area contributed by atoms with Gasteiger partial charge in [-0.1, -0.05) is 12.1 Å². The summed E-state index contributed by atoms with van der Waals surface area (Å²) in [5.74, 6) is -1.51. The average molecular weight is 418 g/mol. The van der Waals surface area contributed by atoms with Crippen LogP contribution >= 0.6 is 0 Å². The summed E-state index contributed by atoms with van der Waals surface area (Å²) in [5, 5.41) is 0. The molecule has 0 aliphatic heterocycles. The van der Waals surface area contributed by atoms with Gasteiger partial charge in [0.05, 0.1) is 16.2 Å². The summed E-state index contributed by atoms with van der Waals surface area (Å²) in [7, 11) is -3.80. The van der Waals surface area contributed by atoms with Gasteiger partial charge in [0, 0.05) is 17.8 Å². The standard InChI is InChI=1S/C20H22N2O6S/c1-5-9-21-29(26,27)16-8-6-7-15(10-16)20(25)28-11-17(24)19-12(2)18(14(4)23)13(3)22-19/h5-8,10,21-22H,1,9,11H2,2-4H3. The van der Waals surface area contributed by atoms with E-state index < -0.39 is 28.4 Å². The number of carbonyl (C=O) groups is 3. The highest BCUT2D eigenvalue weighted by Crippen LogP contribution is 2.19. The van der Waals surface area contributed by atoms with Crippen molar-refractivity contribution in [3.8, 4) is 0 Å². The Morgan fingerprint density at radius 1 is 1.24 bits per heavy atom. The van der Waals surface area contributed by atoms with E-state index in [1.807, 2.05) is 0 Å². The molecule has 2 N–H and O–H groups in total. The normalized spacial score (nSPS) is 11.1. The zero-order valence-corrected chi connectivity index (χ0v) is 17.2. The number of aryl methyl sites for hydroxylation is 1. The second kappa shape index (κ2) is 8.97. The molecule has 0 spiro atoms. The number of rotatable bonds is 9. The van der Waals surface area contributed by atoms with Gasteiger partial charge >= 0.3 is 5.97 Å². The van der Waals surface area contributed by atoms with E-state index in [4.69, 9.17) is 4.74 Å². The van der Waals surface area contributed by atoms with Crippen molar-refractivity contribution >= 4 is 27.6 Å². The molecule has 1 aromatic heterocycles. The molecule has 2 rings (SSSR count). The van der Waals surface area contributed by atoms with Crippen LogP contribution < -0.4 is 4.72 Å². The van der Waals surface area contributed by atoms with Crippen molar-refractivity contribution in [2.45, 2.75) is 25.7 Å². The first kappa shape index (κ1) is 22.3. The van der Waals surface area contributed by atoms with Crippen molar-refractivity contribution in [2.24, 2.45) is 0 Å². The Morgan fingerprint density at radius 2 is 1.93 bits per heavy atom. The Balaban J connectivity index is 2.13. The minimum Gasteiger partial charge on any atom is -0.454 e. The second-order valence-electron chi connectivity index (χ2n) is 6.35. The molecule has 0 aliphatic carbocycles. The number of hydrogen-bond acceptors (Lipinski definition) is 6. The molecular weight excluding hydrogens is 396 g/mol. The highest BCUT2D eigenvalue weighted by atomic mass is 32.2. The zero-order chi connectivity index (χ0) is 21.8. The summed E-state index contributed by atoms with van der Waals surface area (Å²) in [6.07, 6.45) is 1.39. The summed E-state index contributed by atoms with van der Waals surface area (Å²) in [6.45, 7) is 7.65. The Kier molecular flexibility index (Phi) is 6.89. The molecule has 29 heavy (non-hydrogen) atoms. The Bertz CT molecular complexity index is 1080. The minimum absolute atomic E-state index is 0.0110. The molecule has 0 unspecified atom stereocenters. The maximum atomic E-state index is 12.4. The van der Waals surface area contributed by atoms with E-state index in [-0.39, 0.29) is 28.5 Å². The van der Waals surface area contributed by atoms with Crippen LogP contribution in [0.15, 0.2) is 41.8 Å². The lowest BCUT2D eigenvalue weighted by Gasteiger charge is -2.07. The van der Waals surface area contributed by atoms with E-state index >= 15 is 0 Å². The van der Waals surface area contributed by atoms with Crippen molar-refractivity contribution in [1.82, 2.24) is 9.71 Å². The SMILES string of the molecule is C=CCNS(=O)(=O)c1cccc(C(=O)OCC(=O)c2[nH]c(C)c(C(C)=O)c2C)c1. The smallest absolute Gasteiger partial charge is 0.338 e. The van der Waals surface area contributed by atoms with Gasteiger partial charge < -0.3 is 9.72 Å². The molecule has 0 aliphatic rings. The number of aromatic amines is 1. The molecule has 8 nitrogen and oxygen atoms in total.